The molecule has 7 heteroatoms. The maximum Gasteiger partial charge on any atom is 0.182 e. The average molecular weight is 286 g/mol. The Bertz CT molecular complexity index is 517. The Labute approximate surface area is 117 Å². The van der Waals surface area contributed by atoms with Crippen LogP contribution in [0, 0.1) is 0 Å². The van der Waals surface area contributed by atoms with Crippen LogP contribution in [0.15, 0.2) is 12.7 Å². The Morgan fingerprint density at radius 3 is 2.89 bits per heavy atom. The molecule has 0 amide bonds. The van der Waals surface area contributed by atoms with Gasteiger partial charge in [0.1, 0.15) is 11.8 Å². The molecule has 0 saturated heterocycles. The fourth-order valence-corrected chi connectivity index (χ4v) is 2.74. The zero-order chi connectivity index (χ0) is 11.7. The maximum atomic E-state index is 4.63. The van der Waals surface area contributed by atoms with Gasteiger partial charge < -0.3 is 10.3 Å². The highest BCUT2D eigenvalue weighted by molar-refractivity contribution is 7.81. The van der Waals surface area contributed by atoms with Crippen LogP contribution in [-0.2, 0) is 0 Å². The van der Waals surface area contributed by atoms with Crippen molar-refractivity contribution in [2.24, 2.45) is 0 Å². The van der Waals surface area contributed by atoms with Gasteiger partial charge in [-0.15, -0.1) is 12.4 Å². The zero-order valence-corrected chi connectivity index (χ0v) is 11.5. The van der Waals surface area contributed by atoms with Gasteiger partial charge in [-0.3, -0.25) is 0 Å². The molecule has 5 nitrogen and oxygen atoms in total. The number of halogens is 1. The van der Waals surface area contributed by atoms with Gasteiger partial charge >= 0.3 is 0 Å². The number of fused-ring (bicyclic) bond motifs is 1. The lowest BCUT2D eigenvalue weighted by atomic mass is 9.95. The van der Waals surface area contributed by atoms with Crippen molar-refractivity contribution in [3.63, 3.8) is 0 Å². The summed E-state index contributed by atoms with van der Waals surface area (Å²) in [5, 5.41) is 3.86. The summed E-state index contributed by atoms with van der Waals surface area (Å²) >= 11 is 4.63. The van der Waals surface area contributed by atoms with E-state index in [9.17, 15) is 0 Å². The molecule has 2 N–H and O–H groups in total. The van der Waals surface area contributed by atoms with Gasteiger partial charge in [0.25, 0.3) is 0 Å². The minimum atomic E-state index is 0. The molecule has 1 fully saturated rings. The largest absolute Gasteiger partial charge is 0.364 e. The number of aromatic nitrogens is 4. The SMILES string of the molecule is Cl.S[C@@H]1CCCC[C@H]1Nc1ncnc2nc[nH]c12. The van der Waals surface area contributed by atoms with E-state index in [1.807, 2.05) is 0 Å². The van der Waals surface area contributed by atoms with Gasteiger partial charge in [0.05, 0.1) is 6.33 Å². The third kappa shape index (κ3) is 2.54. The molecule has 0 spiro atoms. The van der Waals surface area contributed by atoms with Gasteiger partial charge in [0.15, 0.2) is 11.5 Å². The molecule has 1 aliphatic rings. The molecule has 0 radical (unpaired) electrons. The first-order chi connectivity index (χ1) is 8.34. The van der Waals surface area contributed by atoms with Gasteiger partial charge in [-0.1, -0.05) is 12.8 Å². The van der Waals surface area contributed by atoms with E-state index in [1.165, 1.54) is 12.8 Å². The van der Waals surface area contributed by atoms with Crippen molar-refractivity contribution in [3.05, 3.63) is 12.7 Å². The molecule has 0 aliphatic heterocycles. The highest BCUT2D eigenvalue weighted by atomic mass is 35.5. The normalized spacial score (nSPS) is 23.6. The number of H-pyrrole nitrogens is 1. The molecule has 18 heavy (non-hydrogen) atoms. The van der Waals surface area contributed by atoms with E-state index in [2.05, 4.69) is 37.9 Å². The van der Waals surface area contributed by atoms with Gasteiger partial charge in [0.2, 0.25) is 0 Å². The molecule has 0 unspecified atom stereocenters. The quantitative estimate of drug-likeness (QED) is 0.742. The summed E-state index contributed by atoms with van der Waals surface area (Å²) in [6, 6.07) is 0.383. The summed E-state index contributed by atoms with van der Waals surface area (Å²) in [4.78, 5) is 15.6. The lowest BCUT2D eigenvalue weighted by Gasteiger charge is -2.29. The van der Waals surface area contributed by atoms with E-state index in [0.29, 0.717) is 16.9 Å². The average Bonchev–Trinajstić information content (AvgIpc) is 2.81. The van der Waals surface area contributed by atoms with Crippen molar-refractivity contribution in [2.45, 2.75) is 37.0 Å². The number of rotatable bonds is 2. The van der Waals surface area contributed by atoms with Crippen LogP contribution < -0.4 is 5.32 Å². The number of imidazole rings is 1. The predicted molar refractivity (Wildman–Crippen MR) is 77.6 cm³/mol. The lowest BCUT2D eigenvalue weighted by Crippen LogP contribution is -2.33. The fraction of sp³-hybridized carbons (Fsp3) is 0.545. The number of thiol groups is 1. The maximum absolute atomic E-state index is 4.63. The number of anilines is 1. The lowest BCUT2D eigenvalue weighted by molar-refractivity contribution is 0.476. The van der Waals surface area contributed by atoms with Gasteiger partial charge in [-0.05, 0) is 12.8 Å². The van der Waals surface area contributed by atoms with Crippen LogP contribution in [0.3, 0.4) is 0 Å². The van der Waals surface area contributed by atoms with Crippen molar-refractivity contribution >= 4 is 42.0 Å². The molecule has 2 aromatic rings. The molecule has 2 heterocycles. The van der Waals surface area contributed by atoms with Gasteiger partial charge in [0, 0.05) is 11.3 Å². The Kier molecular flexibility index (Phi) is 4.29. The van der Waals surface area contributed by atoms with Crippen LogP contribution in [0.5, 0.6) is 0 Å². The number of aromatic amines is 1. The van der Waals surface area contributed by atoms with Gasteiger partial charge in [-0.25, -0.2) is 15.0 Å². The first kappa shape index (κ1) is 13.4. The van der Waals surface area contributed by atoms with Gasteiger partial charge in [-0.2, -0.15) is 12.6 Å². The summed E-state index contributed by atoms with van der Waals surface area (Å²) in [5.41, 5.74) is 1.58. The first-order valence-electron chi connectivity index (χ1n) is 5.93. The molecule has 1 saturated carbocycles. The second-order valence-corrected chi connectivity index (χ2v) is 5.09. The van der Waals surface area contributed by atoms with E-state index >= 15 is 0 Å². The molecular formula is C11H16ClN5S. The summed E-state index contributed by atoms with van der Waals surface area (Å²) in [6.45, 7) is 0. The molecule has 98 valence electrons. The highest BCUT2D eigenvalue weighted by Gasteiger charge is 2.23. The van der Waals surface area contributed by atoms with E-state index in [1.54, 1.807) is 12.7 Å². The van der Waals surface area contributed by atoms with E-state index in [-0.39, 0.29) is 12.4 Å². The van der Waals surface area contributed by atoms with Crippen molar-refractivity contribution in [3.8, 4) is 0 Å². The summed E-state index contributed by atoms with van der Waals surface area (Å²) in [7, 11) is 0. The van der Waals surface area contributed by atoms with Crippen LogP contribution >= 0.6 is 25.0 Å². The number of hydrogen-bond donors (Lipinski definition) is 3. The van der Waals surface area contributed by atoms with Crippen molar-refractivity contribution in [1.29, 1.82) is 0 Å². The third-order valence-electron chi connectivity index (χ3n) is 3.27. The van der Waals surface area contributed by atoms with Crippen molar-refractivity contribution in [1.82, 2.24) is 19.9 Å². The summed E-state index contributed by atoms with van der Waals surface area (Å²) in [6.07, 6.45) is 8.03. The smallest absolute Gasteiger partial charge is 0.182 e. The topological polar surface area (TPSA) is 66.5 Å². The minimum Gasteiger partial charge on any atom is -0.364 e. The molecule has 0 bridgehead atoms. The van der Waals surface area contributed by atoms with Crippen LogP contribution in [0.4, 0.5) is 5.82 Å². The van der Waals surface area contributed by atoms with Crippen molar-refractivity contribution < 1.29 is 0 Å². The van der Waals surface area contributed by atoms with E-state index < -0.39 is 0 Å². The third-order valence-corrected chi connectivity index (χ3v) is 3.89. The van der Waals surface area contributed by atoms with E-state index in [4.69, 9.17) is 0 Å². The Hall–Kier alpha value is -1.01. The molecule has 0 aromatic carbocycles. The fourth-order valence-electron chi connectivity index (χ4n) is 2.33. The standard InChI is InChI=1S/C11H15N5S.ClH/c17-8-4-2-1-3-7(8)16-11-9-10(13-5-12-9)14-6-15-11;/h5-8,17H,1-4H2,(H2,12,13,14,15,16);1H/t7-,8-;/m1./s1. The summed E-state index contributed by atoms with van der Waals surface area (Å²) in [5.74, 6) is 0.832. The Morgan fingerprint density at radius 2 is 2.06 bits per heavy atom. The molecule has 2 aromatic heterocycles. The number of nitrogens with one attached hydrogen (secondary N) is 2. The highest BCUT2D eigenvalue weighted by Crippen LogP contribution is 2.26. The van der Waals surface area contributed by atoms with Crippen LogP contribution in [0.1, 0.15) is 25.7 Å². The predicted octanol–water partition coefficient (Wildman–Crippen LogP) is 2.43. The number of nitrogens with zero attached hydrogens (tertiary/aromatic N) is 3. The van der Waals surface area contributed by atoms with E-state index in [0.717, 1.165) is 24.2 Å². The number of hydrogen-bond acceptors (Lipinski definition) is 5. The van der Waals surface area contributed by atoms with Crippen molar-refractivity contribution in [2.75, 3.05) is 5.32 Å². The van der Waals surface area contributed by atoms with Crippen LogP contribution in [-0.4, -0.2) is 31.2 Å². The molecule has 3 rings (SSSR count). The second kappa shape index (κ2) is 5.75. The first-order valence-corrected chi connectivity index (χ1v) is 6.45. The van der Waals surface area contributed by atoms with Crippen LogP contribution in [0.25, 0.3) is 11.2 Å². The zero-order valence-electron chi connectivity index (χ0n) is 9.83. The Morgan fingerprint density at radius 1 is 1.22 bits per heavy atom. The monoisotopic (exact) mass is 285 g/mol. The molecule has 1 aliphatic carbocycles. The molecule has 2 atom stereocenters. The Balaban J connectivity index is 0.00000120. The molecular weight excluding hydrogens is 270 g/mol. The summed E-state index contributed by atoms with van der Waals surface area (Å²) < 4.78 is 0. The second-order valence-electron chi connectivity index (χ2n) is 4.43. The van der Waals surface area contributed by atoms with Crippen LogP contribution in [0.2, 0.25) is 0 Å². The minimum absolute atomic E-state index is 0.